The highest BCUT2D eigenvalue weighted by atomic mass is 19.1. The van der Waals surface area contributed by atoms with Gasteiger partial charge in [-0.1, -0.05) is 12.1 Å². The zero-order chi connectivity index (χ0) is 28.7. The van der Waals surface area contributed by atoms with Gasteiger partial charge >= 0.3 is 0 Å². The Morgan fingerprint density at radius 3 is 2.41 bits per heavy atom. The maximum atomic E-state index is 15.9. The summed E-state index contributed by atoms with van der Waals surface area (Å²) in [5.74, 6) is -1.36. The Kier molecular flexibility index (Phi) is 7.14. The van der Waals surface area contributed by atoms with Crippen molar-refractivity contribution in [1.82, 2.24) is 15.1 Å². The van der Waals surface area contributed by atoms with Crippen LogP contribution >= 0.6 is 0 Å². The van der Waals surface area contributed by atoms with Gasteiger partial charge in [0.15, 0.2) is 0 Å². The van der Waals surface area contributed by atoms with Crippen molar-refractivity contribution in [2.45, 2.75) is 43.9 Å². The summed E-state index contributed by atoms with van der Waals surface area (Å²) in [7, 11) is 0. The smallest absolute Gasteiger partial charge is 0.255 e. The number of halogens is 1. The fourth-order valence-corrected chi connectivity index (χ4v) is 6.59. The van der Waals surface area contributed by atoms with Crippen molar-refractivity contribution in [3.05, 3.63) is 59.2 Å². The predicted molar refractivity (Wildman–Crippen MR) is 151 cm³/mol. The van der Waals surface area contributed by atoms with E-state index in [-0.39, 0.29) is 18.2 Å². The number of hydrogen-bond acceptors (Lipinski definition) is 7. The molecule has 2 aromatic carbocycles. The normalized spacial score (nSPS) is 23.0. The molecule has 216 valence electrons. The topological polar surface area (TPSA) is 119 Å². The summed E-state index contributed by atoms with van der Waals surface area (Å²) in [6.45, 7) is 4.76. The monoisotopic (exact) mass is 562 g/mol. The van der Waals surface area contributed by atoms with E-state index in [2.05, 4.69) is 20.0 Å². The maximum absolute atomic E-state index is 15.9. The Balaban J connectivity index is 1.03. The Bertz CT molecular complexity index is 1380. The summed E-state index contributed by atoms with van der Waals surface area (Å²) in [4.78, 5) is 56.7. The molecular formula is C30H35FN6O4. The van der Waals surface area contributed by atoms with Crippen LogP contribution < -0.4 is 20.9 Å². The molecule has 10 nitrogen and oxygen atoms in total. The number of amides is 4. The summed E-state index contributed by atoms with van der Waals surface area (Å²) >= 11 is 0. The van der Waals surface area contributed by atoms with Crippen LogP contribution in [-0.4, -0.2) is 91.0 Å². The summed E-state index contributed by atoms with van der Waals surface area (Å²) in [6, 6.07) is 12.4. The van der Waals surface area contributed by atoms with E-state index in [0.29, 0.717) is 56.6 Å². The number of anilines is 2. The number of rotatable bonds is 6. The maximum Gasteiger partial charge on any atom is 0.255 e. The molecule has 3 N–H and O–H groups in total. The lowest BCUT2D eigenvalue weighted by atomic mass is 9.91. The van der Waals surface area contributed by atoms with Gasteiger partial charge in [-0.2, -0.15) is 0 Å². The first-order valence-electron chi connectivity index (χ1n) is 14.3. The number of alkyl halides is 1. The van der Waals surface area contributed by atoms with E-state index in [4.69, 9.17) is 5.73 Å². The molecule has 41 heavy (non-hydrogen) atoms. The number of piperidine rings is 2. The number of imide groups is 1. The van der Waals surface area contributed by atoms with Gasteiger partial charge in [0.1, 0.15) is 11.7 Å². The molecule has 4 aliphatic rings. The molecule has 2 aromatic rings. The number of piperazine rings is 1. The fourth-order valence-electron chi connectivity index (χ4n) is 6.59. The summed E-state index contributed by atoms with van der Waals surface area (Å²) in [5, 5.41) is 2.34. The number of nitrogens with one attached hydrogen (secondary N) is 1. The third-order valence-corrected chi connectivity index (χ3v) is 8.92. The molecular weight excluding hydrogens is 527 g/mol. The zero-order valence-corrected chi connectivity index (χ0v) is 23.0. The van der Waals surface area contributed by atoms with Crippen LogP contribution in [-0.2, 0) is 16.1 Å². The number of carbonyl (C=O) groups is 4. The third-order valence-electron chi connectivity index (χ3n) is 8.92. The van der Waals surface area contributed by atoms with E-state index >= 15 is 4.39 Å². The van der Waals surface area contributed by atoms with Gasteiger partial charge < -0.3 is 20.4 Å². The highest BCUT2D eigenvalue weighted by Gasteiger charge is 2.40. The van der Waals surface area contributed by atoms with Crippen LogP contribution in [0.3, 0.4) is 0 Å². The number of nitrogens with two attached hydrogens (primary N) is 1. The summed E-state index contributed by atoms with van der Waals surface area (Å²) < 4.78 is 15.9. The number of primary amides is 1. The molecule has 0 saturated carbocycles. The van der Waals surface area contributed by atoms with Crippen molar-refractivity contribution in [2.24, 2.45) is 5.73 Å². The highest BCUT2D eigenvalue weighted by molar-refractivity contribution is 6.05. The van der Waals surface area contributed by atoms with Gasteiger partial charge in [-0.25, -0.2) is 4.39 Å². The first-order valence-corrected chi connectivity index (χ1v) is 14.3. The van der Waals surface area contributed by atoms with Crippen molar-refractivity contribution in [1.29, 1.82) is 0 Å². The average molecular weight is 563 g/mol. The minimum atomic E-state index is -1.28. The van der Waals surface area contributed by atoms with E-state index in [1.54, 1.807) is 17.0 Å². The van der Waals surface area contributed by atoms with E-state index in [0.717, 1.165) is 43.1 Å². The molecule has 3 saturated heterocycles. The molecule has 3 fully saturated rings. The van der Waals surface area contributed by atoms with Crippen molar-refractivity contribution >= 4 is 35.0 Å². The van der Waals surface area contributed by atoms with Gasteiger partial charge in [0.05, 0.1) is 5.56 Å². The van der Waals surface area contributed by atoms with Gasteiger partial charge in [0.2, 0.25) is 11.8 Å². The Hall–Kier alpha value is -3.99. The minimum absolute atomic E-state index is 0.178. The van der Waals surface area contributed by atoms with Gasteiger partial charge in [-0.05, 0) is 42.3 Å². The lowest BCUT2D eigenvalue weighted by Gasteiger charge is -2.43. The molecule has 0 aromatic heterocycles. The largest absolute Gasteiger partial charge is 0.371 e. The second-order valence-corrected chi connectivity index (χ2v) is 11.5. The van der Waals surface area contributed by atoms with Gasteiger partial charge in [0, 0.05) is 88.6 Å². The molecule has 6 rings (SSSR count). The second kappa shape index (κ2) is 10.8. The van der Waals surface area contributed by atoms with Crippen LogP contribution in [0.15, 0.2) is 42.5 Å². The van der Waals surface area contributed by atoms with E-state index in [1.165, 1.54) is 0 Å². The summed E-state index contributed by atoms with van der Waals surface area (Å²) in [5.41, 5.74) is 7.98. The van der Waals surface area contributed by atoms with Crippen molar-refractivity contribution < 1.29 is 23.6 Å². The number of fused-ring (bicyclic) bond motifs is 1. The third kappa shape index (κ3) is 5.38. The number of carbonyl (C=O) groups excluding carboxylic acids is 4. The van der Waals surface area contributed by atoms with Crippen LogP contribution in [0.25, 0.3) is 0 Å². The average Bonchev–Trinajstić information content (AvgIpc) is 3.29. The van der Waals surface area contributed by atoms with Crippen molar-refractivity contribution in [2.75, 3.05) is 55.6 Å². The number of nitrogens with zero attached hydrogens (tertiary/aromatic N) is 4. The van der Waals surface area contributed by atoms with E-state index < -0.39 is 23.5 Å². The van der Waals surface area contributed by atoms with Gasteiger partial charge in [-0.3, -0.25) is 29.4 Å². The molecule has 0 aliphatic carbocycles. The molecule has 0 spiro atoms. The second-order valence-electron chi connectivity index (χ2n) is 11.5. The SMILES string of the molecule is NC(=O)c1ccccc1N1CCC(F)(CN2CCN(c3ccc4c(c3)CN([C@H]3CCC(=O)NC3=O)C4=O)CC2)CC1. The van der Waals surface area contributed by atoms with Gasteiger partial charge in [-0.15, -0.1) is 0 Å². The molecule has 11 heteroatoms. The number of hydrogen-bond donors (Lipinski definition) is 2. The highest BCUT2D eigenvalue weighted by Crippen LogP contribution is 2.34. The molecule has 1 atom stereocenters. The number of benzene rings is 2. The fraction of sp³-hybridized carbons (Fsp3) is 0.467. The van der Waals surface area contributed by atoms with Crippen LogP contribution in [0.1, 0.15) is 52.0 Å². The lowest BCUT2D eigenvalue weighted by Crippen LogP contribution is -2.53. The first-order chi connectivity index (χ1) is 19.7. The lowest BCUT2D eigenvalue weighted by molar-refractivity contribution is -0.136. The van der Waals surface area contributed by atoms with E-state index in [1.807, 2.05) is 30.3 Å². The molecule has 0 unspecified atom stereocenters. The standard InChI is InChI=1S/C30H35FN6O4/c31-30(9-11-36(12-10-30)24-4-2-1-3-23(24)27(32)39)19-34-13-15-35(16-14-34)21-5-6-22-20(17-21)18-37(29(22)41)25-7-8-26(38)33-28(25)40/h1-6,17,25H,7-16,18-19H2,(H2,32,39)(H,33,38,40)/t25-/m0/s1. The van der Waals surface area contributed by atoms with Crippen LogP contribution in [0.4, 0.5) is 15.8 Å². The minimum Gasteiger partial charge on any atom is -0.371 e. The Morgan fingerprint density at radius 1 is 0.976 bits per heavy atom. The van der Waals surface area contributed by atoms with Crippen LogP contribution in [0, 0.1) is 0 Å². The molecule has 4 heterocycles. The van der Waals surface area contributed by atoms with Crippen molar-refractivity contribution in [3.8, 4) is 0 Å². The van der Waals surface area contributed by atoms with Gasteiger partial charge in [0.25, 0.3) is 11.8 Å². The Morgan fingerprint density at radius 2 is 1.71 bits per heavy atom. The Labute approximate surface area is 238 Å². The zero-order valence-electron chi connectivity index (χ0n) is 23.0. The molecule has 4 aliphatic heterocycles. The predicted octanol–water partition coefficient (Wildman–Crippen LogP) is 1.68. The summed E-state index contributed by atoms with van der Waals surface area (Å²) in [6.07, 6.45) is 1.35. The quantitative estimate of drug-likeness (QED) is 0.514. The number of para-hydroxylation sites is 1. The molecule has 4 amide bonds. The van der Waals surface area contributed by atoms with E-state index in [9.17, 15) is 19.2 Å². The van der Waals surface area contributed by atoms with Crippen LogP contribution in [0.5, 0.6) is 0 Å². The molecule has 0 bridgehead atoms. The van der Waals surface area contributed by atoms with Crippen LogP contribution in [0.2, 0.25) is 0 Å². The van der Waals surface area contributed by atoms with Crippen molar-refractivity contribution in [3.63, 3.8) is 0 Å². The first kappa shape index (κ1) is 27.2. The molecule has 0 radical (unpaired) electrons.